The van der Waals surface area contributed by atoms with E-state index in [9.17, 15) is 0 Å². The molecule has 0 fully saturated rings. The van der Waals surface area contributed by atoms with E-state index in [0.717, 1.165) is 39.8 Å². The van der Waals surface area contributed by atoms with E-state index in [4.69, 9.17) is 9.72 Å². The second-order valence-corrected chi connectivity index (χ2v) is 13.6. The van der Waals surface area contributed by atoms with Gasteiger partial charge < -0.3 is 14.5 Å². The topological polar surface area (TPSA) is 28.6 Å². The maximum Gasteiger partial charge on any atom is 0.182 e. The van der Waals surface area contributed by atoms with Crippen molar-refractivity contribution in [2.24, 2.45) is 0 Å². The number of thiophene rings is 1. The molecule has 0 saturated carbocycles. The lowest BCUT2D eigenvalue weighted by Gasteiger charge is -2.22. The molecule has 1 aliphatic rings. The Morgan fingerprint density at radius 3 is 2.18 bits per heavy atom. The lowest BCUT2D eigenvalue weighted by atomic mass is 9.86. The van der Waals surface area contributed by atoms with Gasteiger partial charge in [-0.05, 0) is 76.3 Å². The van der Waals surface area contributed by atoms with E-state index in [1.165, 1.54) is 38.1 Å². The van der Waals surface area contributed by atoms with Crippen LogP contribution in [0.2, 0.25) is 0 Å². The molecule has 0 spiro atoms. The van der Waals surface area contributed by atoms with Crippen LogP contribution in [0, 0.1) is 0 Å². The fraction of sp³-hybridized carbons (Fsp3) is 0.125. The van der Waals surface area contributed by atoms with Crippen molar-refractivity contribution in [3.8, 4) is 22.1 Å². The van der Waals surface area contributed by atoms with E-state index in [1.807, 2.05) is 12.3 Å². The summed E-state index contributed by atoms with van der Waals surface area (Å²) in [5.41, 5.74) is 8.10. The van der Waals surface area contributed by atoms with Crippen LogP contribution in [0.25, 0.3) is 32.1 Å². The first-order valence-corrected chi connectivity index (χ1v) is 16.1. The highest BCUT2D eigenvalue weighted by Gasteiger charge is 2.28. The molecule has 5 heteroatoms. The summed E-state index contributed by atoms with van der Waals surface area (Å²) < 4.78 is 7.80. The summed E-state index contributed by atoms with van der Waals surface area (Å²) in [6.45, 7) is 7.46. The zero-order chi connectivity index (χ0) is 30.5. The second-order valence-electron chi connectivity index (χ2n) is 12.6. The molecule has 4 nitrogen and oxygen atoms in total. The summed E-state index contributed by atoms with van der Waals surface area (Å²) in [5.74, 6) is 0.814. The molecule has 2 aromatic heterocycles. The molecule has 0 amide bonds. The van der Waals surface area contributed by atoms with E-state index in [-0.39, 0.29) is 5.41 Å². The van der Waals surface area contributed by atoms with Crippen LogP contribution >= 0.6 is 11.3 Å². The Bertz CT molecular complexity index is 2180. The standard InChI is InChI=1S/C40H33N3OS/c1-40(2,3)28-20-21-41-34(23-28)39-32-17-8-7-12-27(32)22-37-33(39)25-38(45-37)44-31-16-11-15-30(24-31)43-26-42(29-13-5-4-6-14-29)35-18-9-10-19-36(35)43/h4-25H,26H2,1-3H3. The molecule has 220 valence electrons. The molecule has 7 aromatic rings. The van der Waals surface area contributed by atoms with Gasteiger partial charge in [0.05, 0.1) is 17.1 Å². The molecule has 0 aliphatic carbocycles. The third-order valence-corrected chi connectivity index (χ3v) is 9.53. The summed E-state index contributed by atoms with van der Waals surface area (Å²) in [5, 5.41) is 4.42. The van der Waals surface area contributed by atoms with Gasteiger partial charge in [-0.3, -0.25) is 4.98 Å². The Balaban J connectivity index is 1.17. The van der Waals surface area contributed by atoms with Gasteiger partial charge in [0.1, 0.15) is 12.4 Å². The number of anilines is 4. The largest absolute Gasteiger partial charge is 0.447 e. The molecular formula is C40H33N3OS. The molecule has 0 radical (unpaired) electrons. The van der Waals surface area contributed by atoms with E-state index in [0.29, 0.717) is 0 Å². The highest BCUT2D eigenvalue weighted by Crippen LogP contribution is 2.46. The lowest BCUT2D eigenvalue weighted by Crippen LogP contribution is -2.23. The van der Waals surface area contributed by atoms with Crippen molar-refractivity contribution in [2.45, 2.75) is 26.2 Å². The molecule has 0 atom stereocenters. The number of pyridine rings is 1. The first kappa shape index (κ1) is 27.4. The first-order valence-electron chi connectivity index (χ1n) is 15.3. The lowest BCUT2D eigenvalue weighted by molar-refractivity contribution is 0.497. The molecule has 1 aliphatic heterocycles. The average Bonchev–Trinajstić information content (AvgIpc) is 3.65. The van der Waals surface area contributed by atoms with Gasteiger partial charge in [-0.15, -0.1) is 0 Å². The predicted octanol–water partition coefficient (Wildman–Crippen LogP) is 11.5. The molecule has 0 saturated heterocycles. The van der Waals surface area contributed by atoms with Gasteiger partial charge in [0.25, 0.3) is 0 Å². The molecule has 45 heavy (non-hydrogen) atoms. The molecule has 0 N–H and O–H groups in total. The number of hydrogen-bond donors (Lipinski definition) is 0. The summed E-state index contributed by atoms with van der Waals surface area (Å²) in [6.07, 6.45) is 1.94. The number of rotatable bonds is 5. The van der Waals surface area contributed by atoms with Crippen molar-refractivity contribution in [3.05, 3.63) is 139 Å². The van der Waals surface area contributed by atoms with E-state index in [2.05, 4.69) is 152 Å². The van der Waals surface area contributed by atoms with Gasteiger partial charge in [-0.25, -0.2) is 0 Å². The van der Waals surface area contributed by atoms with Crippen LogP contribution in [0.1, 0.15) is 26.3 Å². The maximum absolute atomic E-state index is 6.62. The minimum atomic E-state index is 0.0311. The predicted molar refractivity (Wildman–Crippen MR) is 190 cm³/mol. The van der Waals surface area contributed by atoms with Crippen molar-refractivity contribution in [1.29, 1.82) is 0 Å². The van der Waals surface area contributed by atoms with Crippen molar-refractivity contribution in [1.82, 2.24) is 4.98 Å². The molecular weight excluding hydrogens is 571 g/mol. The van der Waals surface area contributed by atoms with Crippen LogP contribution in [0.5, 0.6) is 10.8 Å². The van der Waals surface area contributed by atoms with Crippen LogP contribution in [0.15, 0.2) is 134 Å². The zero-order valence-electron chi connectivity index (χ0n) is 25.6. The normalized spacial score (nSPS) is 13.0. The fourth-order valence-corrected chi connectivity index (χ4v) is 7.26. The second kappa shape index (κ2) is 10.8. The SMILES string of the molecule is CC(C)(C)c1ccnc(-c2c3ccccc3cc3sc(Oc4cccc(N5CN(c6ccccc6)c6ccccc65)c4)cc23)c1. The van der Waals surface area contributed by atoms with Gasteiger partial charge in [0.2, 0.25) is 0 Å². The number of hydrogen-bond acceptors (Lipinski definition) is 5. The van der Waals surface area contributed by atoms with Gasteiger partial charge >= 0.3 is 0 Å². The monoisotopic (exact) mass is 603 g/mol. The number of ether oxygens (including phenoxy) is 1. The van der Waals surface area contributed by atoms with Crippen LogP contribution in [0.4, 0.5) is 22.7 Å². The Morgan fingerprint density at radius 2 is 1.38 bits per heavy atom. The van der Waals surface area contributed by atoms with Gasteiger partial charge in [-0.1, -0.05) is 92.8 Å². The summed E-state index contributed by atoms with van der Waals surface area (Å²) in [4.78, 5) is 9.57. The van der Waals surface area contributed by atoms with Crippen molar-refractivity contribution < 1.29 is 4.74 Å². The molecule has 5 aromatic carbocycles. The fourth-order valence-electron chi connectivity index (χ4n) is 6.28. The highest BCUT2D eigenvalue weighted by molar-refractivity contribution is 7.21. The van der Waals surface area contributed by atoms with Gasteiger partial charge in [-0.2, -0.15) is 0 Å². The number of benzene rings is 5. The number of para-hydroxylation sites is 3. The van der Waals surface area contributed by atoms with Crippen LogP contribution < -0.4 is 14.5 Å². The van der Waals surface area contributed by atoms with E-state index in [1.54, 1.807) is 11.3 Å². The van der Waals surface area contributed by atoms with Gasteiger partial charge in [0.15, 0.2) is 5.06 Å². The zero-order valence-corrected chi connectivity index (χ0v) is 26.4. The minimum absolute atomic E-state index is 0.0311. The first-order chi connectivity index (χ1) is 21.9. The summed E-state index contributed by atoms with van der Waals surface area (Å²) in [6, 6.07) is 45.0. The Labute approximate surface area is 267 Å². The third-order valence-electron chi connectivity index (χ3n) is 8.57. The van der Waals surface area contributed by atoms with Crippen molar-refractivity contribution in [2.75, 3.05) is 16.5 Å². The van der Waals surface area contributed by atoms with Crippen LogP contribution in [-0.2, 0) is 5.41 Å². The van der Waals surface area contributed by atoms with Gasteiger partial charge in [0, 0.05) is 45.4 Å². The maximum atomic E-state index is 6.62. The molecule has 8 rings (SSSR count). The quantitative estimate of drug-likeness (QED) is 0.196. The summed E-state index contributed by atoms with van der Waals surface area (Å²) in [7, 11) is 0. The molecule has 3 heterocycles. The number of nitrogens with zero attached hydrogens (tertiary/aromatic N) is 3. The highest BCUT2D eigenvalue weighted by atomic mass is 32.1. The van der Waals surface area contributed by atoms with E-state index >= 15 is 0 Å². The van der Waals surface area contributed by atoms with Crippen LogP contribution in [-0.4, -0.2) is 11.7 Å². The smallest absolute Gasteiger partial charge is 0.182 e. The number of aromatic nitrogens is 1. The molecule has 0 bridgehead atoms. The Morgan fingerprint density at radius 1 is 0.667 bits per heavy atom. The Kier molecular flexibility index (Phi) is 6.58. The summed E-state index contributed by atoms with van der Waals surface area (Å²) >= 11 is 1.68. The van der Waals surface area contributed by atoms with Crippen molar-refractivity contribution >= 4 is 54.9 Å². The van der Waals surface area contributed by atoms with E-state index < -0.39 is 0 Å². The Hall–Kier alpha value is -5.13. The minimum Gasteiger partial charge on any atom is -0.447 e. The molecule has 0 unspecified atom stereocenters. The average molecular weight is 604 g/mol. The van der Waals surface area contributed by atoms with Crippen molar-refractivity contribution in [3.63, 3.8) is 0 Å². The number of fused-ring (bicyclic) bond motifs is 3. The van der Waals surface area contributed by atoms with Crippen LogP contribution in [0.3, 0.4) is 0 Å². The third kappa shape index (κ3) is 4.99.